The summed E-state index contributed by atoms with van der Waals surface area (Å²) in [6, 6.07) is 0.626. The van der Waals surface area contributed by atoms with Gasteiger partial charge in [-0.25, -0.2) is 13.4 Å². The molecule has 2 aliphatic carbocycles. The number of sulfone groups is 1. The molecule has 12 heteroatoms. The molecule has 2 aromatic heterocycles. The second-order valence-electron chi connectivity index (χ2n) is 12.0. The van der Waals surface area contributed by atoms with Gasteiger partial charge in [0.2, 0.25) is 20.8 Å². The maximum atomic E-state index is 12.9. The van der Waals surface area contributed by atoms with Gasteiger partial charge in [0.25, 0.3) is 0 Å². The van der Waals surface area contributed by atoms with Crippen LogP contribution in [0.2, 0.25) is 5.02 Å². The van der Waals surface area contributed by atoms with Crippen molar-refractivity contribution in [2.45, 2.75) is 88.6 Å². The Kier molecular flexibility index (Phi) is 10.1. The summed E-state index contributed by atoms with van der Waals surface area (Å²) in [4.78, 5) is 11.2. The predicted molar refractivity (Wildman–Crippen MR) is 169 cm³/mol. The predicted octanol–water partition coefficient (Wildman–Crippen LogP) is 6.23. The second kappa shape index (κ2) is 13.2. The summed E-state index contributed by atoms with van der Waals surface area (Å²) in [6.07, 6.45) is 12.0. The number of nitrogens with one attached hydrogen (secondary N) is 2. The normalized spacial score (nSPS) is 19.6. The van der Waals surface area contributed by atoms with Crippen molar-refractivity contribution in [3.05, 3.63) is 52.7 Å². The van der Waals surface area contributed by atoms with E-state index in [-0.39, 0.29) is 33.6 Å². The first-order valence-electron chi connectivity index (χ1n) is 14.5. The van der Waals surface area contributed by atoms with Crippen LogP contribution >= 0.6 is 11.6 Å². The van der Waals surface area contributed by atoms with Gasteiger partial charge in [0.05, 0.1) is 28.9 Å². The number of aryl methyl sites for hydroxylation is 1. The molecule has 0 radical (unpaired) electrons. The lowest BCUT2D eigenvalue weighted by Gasteiger charge is -2.34. The number of halogens is 1. The summed E-state index contributed by atoms with van der Waals surface area (Å²) < 4.78 is 33.5. The van der Waals surface area contributed by atoms with E-state index in [9.17, 15) is 8.42 Å². The average molecular weight is 618 g/mol. The van der Waals surface area contributed by atoms with Gasteiger partial charge in [0.15, 0.2) is 5.82 Å². The van der Waals surface area contributed by atoms with Crippen molar-refractivity contribution in [2.75, 3.05) is 24.7 Å². The second-order valence-corrected chi connectivity index (χ2v) is 14.8. The van der Waals surface area contributed by atoms with E-state index in [1.54, 1.807) is 27.1 Å². The van der Waals surface area contributed by atoms with Crippen LogP contribution in [0.3, 0.4) is 0 Å². The van der Waals surface area contributed by atoms with Crippen molar-refractivity contribution >= 4 is 38.9 Å². The van der Waals surface area contributed by atoms with Gasteiger partial charge >= 0.3 is 0 Å². The van der Waals surface area contributed by atoms with E-state index in [0.29, 0.717) is 23.4 Å². The lowest BCUT2D eigenvalue weighted by Crippen LogP contribution is -2.32. The molecule has 2 N–H and O–H groups in total. The van der Waals surface area contributed by atoms with E-state index in [1.807, 2.05) is 0 Å². The zero-order valence-electron chi connectivity index (χ0n) is 25.7. The van der Waals surface area contributed by atoms with E-state index < -0.39 is 15.1 Å². The van der Waals surface area contributed by atoms with Crippen LogP contribution in [0.1, 0.15) is 66.2 Å². The molecule has 2 heterocycles. The number of nitrogens with zero attached hydrogens (tertiary/aromatic N) is 5. The molecule has 4 rings (SSSR count). The standard InChI is InChI=1S/C30H44ClN7O3S/c1-18(2)24(21-9-11-22(12-10-21)37(6)7)15-27(41-23-13-14-23)20(5)33-30-32-16-25(31)28(35-30)34-26-17-38(8)36-29(26)42(39,40)19(3)4/h15-17,19,21-23H,5,9-14H2,1-4,6-8H3,(H2,32,33,34,35)/b27-15+/t21-,22-. The molecule has 0 spiro atoms. The van der Waals surface area contributed by atoms with Gasteiger partial charge in [-0.3, -0.25) is 4.68 Å². The topological polar surface area (TPSA) is 114 Å². The summed E-state index contributed by atoms with van der Waals surface area (Å²) in [7, 11) is 2.33. The van der Waals surface area contributed by atoms with Crippen LogP contribution in [-0.2, 0) is 21.6 Å². The van der Waals surface area contributed by atoms with Crippen LogP contribution in [0.25, 0.3) is 0 Å². The number of anilines is 3. The minimum absolute atomic E-state index is 0.0643. The fourth-order valence-corrected chi connectivity index (χ4v) is 6.34. The van der Waals surface area contributed by atoms with Crippen LogP contribution in [0, 0.1) is 5.92 Å². The van der Waals surface area contributed by atoms with Crippen LogP contribution < -0.4 is 10.6 Å². The zero-order valence-corrected chi connectivity index (χ0v) is 27.3. The summed E-state index contributed by atoms with van der Waals surface area (Å²) >= 11 is 6.42. The number of hydrogen-bond donors (Lipinski definition) is 2. The van der Waals surface area contributed by atoms with Crippen molar-refractivity contribution in [2.24, 2.45) is 13.0 Å². The number of aromatic nitrogens is 4. The largest absolute Gasteiger partial charge is 0.488 e. The molecule has 2 aliphatic rings. The smallest absolute Gasteiger partial charge is 0.229 e. The van der Waals surface area contributed by atoms with Crippen molar-refractivity contribution in [3.63, 3.8) is 0 Å². The third-order valence-electron chi connectivity index (χ3n) is 7.79. The Morgan fingerprint density at radius 2 is 1.86 bits per heavy atom. The molecule has 2 saturated carbocycles. The molecule has 0 bridgehead atoms. The molecule has 0 aromatic carbocycles. The van der Waals surface area contributed by atoms with Crippen molar-refractivity contribution < 1.29 is 13.2 Å². The Bertz CT molecular complexity index is 1460. The molecule has 0 amide bonds. The highest BCUT2D eigenvalue weighted by Gasteiger charge is 2.29. The minimum Gasteiger partial charge on any atom is -0.488 e. The van der Waals surface area contributed by atoms with Crippen molar-refractivity contribution in [1.82, 2.24) is 24.6 Å². The molecule has 0 aliphatic heterocycles. The Morgan fingerprint density at radius 1 is 1.19 bits per heavy atom. The van der Waals surface area contributed by atoms with Gasteiger partial charge in [0, 0.05) is 19.3 Å². The van der Waals surface area contributed by atoms with Crippen LogP contribution in [0.4, 0.5) is 17.5 Å². The van der Waals surface area contributed by atoms with Crippen LogP contribution in [0.5, 0.6) is 0 Å². The Labute approximate surface area is 255 Å². The molecular formula is C30H44ClN7O3S. The maximum absolute atomic E-state index is 12.9. The lowest BCUT2D eigenvalue weighted by atomic mass is 9.79. The third kappa shape index (κ3) is 7.73. The van der Waals surface area contributed by atoms with Gasteiger partial charge in [-0.1, -0.05) is 23.8 Å². The van der Waals surface area contributed by atoms with Crippen LogP contribution in [-0.4, -0.2) is 64.6 Å². The fourth-order valence-electron chi connectivity index (χ4n) is 5.10. The first-order chi connectivity index (χ1) is 19.8. The summed E-state index contributed by atoms with van der Waals surface area (Å²) in [5, 5.41) is 9.92. The highest BCUT2D eigenvalue weighted by Crippen LogP contribution is 2.37. The van der Waals surface area contributed by atoms with Crippen molar-refractivity contribution in [3.8, 4) is 0 Å². The Balaban J connectivity index is 1.56. The Hall–Kier alpha value is -2.89. The van der Waals surface area contributed by atoms with E-state index in [4.69, 9.17) is 16.3 Å². The first kappa shape index (κ1) is 32.0. The van der Waals surface area contributed by atoms with Gasteiger partial charge in [0.1, 0.15) is 10.8 Å². The summed E-state index contributed by atoms with van der Waals surface area (Å²) in [6.45, 7) is 11.8. The highest BCUT2D eigenvalue weighted by molar-refractivity contribution is 7.92. The molecular weight excluding hydrogens is 574 g/mol. The first-order valence-corrected chi connectivity index (χ1v) is 16.4. The molecule has 0 unspecified atom stereocenters. The summed E-state index contributed by atoms with van der Waals surface area (Å²) in [5.41, 5.74) is 3.39. The Morgan fingerprint density at radius 3 is 2.43 bits per heavy atom. The third-order valence-corrected chi connectivity index (χ3v) is 10.1. The molecule has 0 saturated heterocycles. The van der Waals surface area contributed by atoms with Gasteiger partial charge in [-0.15, -0.1) is 0 Å². The average Bonchev–Trinajstić information content (AvgIpc) is 3.67. The number of hydrogen-bond acceptors (Lipinski definition) is 9. The SMILES string of the molecule is C=C(Nc1ncc(Cl)c(Nc2cn(C)nc2S(=O)(=O)C(C)C)n1)/C(=C\C(=C(C)C)[C@H]1CC[C@H](N(C)C)CC1)OC1CC1. The quantitative estimate of drug-likeness (QED) is 0.211. The molecule has 2 fully saturated rings. The molecule has 2 aromatic rings. The molecule has 0 atom stereocenters. The van der Waals surface area contributed by atoms with Gasteiger partial charge in [-0.2, -0.15) is 10.1 Å². The molecule has 230 valence electrons. The van der Waals surface area contributed by atoms with Gasteiger partial charge in [-0.05, 0) is 97.9 Å². The van der Waals surface area contributed by atoms with E-state index in [1.165, 1.54) is 34.9 Å². The number of allylic oxidation sites excluding steroid dienone is 3. The number of ether oxygens (including phenoxy) is 1. The van der Waals surface area contributed by atoms with E-state index in [0.717, 1.165) is 25.7 Å². The minimum atomic E-state index is -3.64. The van der Waals surface area contributed by atoms with Gasteiger partial charge < -0.3 is 20.3 Å². The highest BCUT2D eigenvalue weighted by atomic mass is 35.5. The monoisotopic (exact) mass is 617 g/mol. The van der Waals surface area contributed by atoms with E-state index in [2.05, 4.69) is 71.2 Å². The lowest BCUT2D eigenvalue weighted by molar-refractivity contribution is 0.199. The van der Waals surface area contributed by atoms with E-state index >= 15 is 0 Å². The molecule has 42 heavy (non-hydrogen) atoms. The maximum Gasteiger partial charge on any atom is 0.229 e. The zero-order chi connectivity index (χ0) is 30.8. The van der Waals surface area contributed by atoms with Crippen molar-refractivity contribution in [1.29, 1.82) is 0 Å². The summed E-state index contributed by atoms with van der Waals surface area (Å²) in [5.74, 6) is 1.63. The fraction of sp³-hybridized carbons (Fsp3) is 0.567. The molecule has 10 nitrogen and oxygen atoms in total. The van der Waals surface area contributed by atoms with Crippen LogP contribution in [0.15, 0.2) is 52.7 Å². The number of rotatable bonds is 12.